The van der Waals surface area contributed by atoms with Crippen LogP contribution in [0, 0.1) is 0 Å². The van der Waals surface area contributed by atoms with Crippen molar-refractivity contribution in [3.05, 3.63) is 34.7 Å². The van der Waals surface area contributed by atoms with E-state index in [-0.39, 0.29) is 11.9 Å². The summed E-state index contributed by atoms with van der Waals surface area (Å²) in [6.07, 6.45) is 1.32. The molecule has 1 atom stereocenters. The van der Waals surface area contributed by atoms with Crippen LogP contribution < -0.4 is 10.6 Å². The molecule has 0 spiro atoms. The summed E-state index contributed by atoms with van der Waals surface area (Å²) in [5.74, 6) is -1.26. The largest absolute Gasteiger partial charge is 0.379 e. The van der Waals surface area contributed by atoms with Crippen molar-refractivity contribution in [2.75, 3.05) is 38.2 Å². The molecule has 2 aromatic heterocycles. The zero-order valence-corrected chi connectivity index (χ0v) is 13.8. The summed E-state index contributed by atoms with van der Waals surface area (Å²) in [7, 11) is 0. The lowest BCUT2D eigenvalue weighted by Gasteiger charge is -2.34. The molecule has 1 fully saturated rings. The molecular weight excluding hydrogens is 332 g/mol. The minimum Gasteiger partial charge on any atom is -0.379 e. The fourth-order valence-electron chi connectivity index (χ4n) is 2.50. The van der Waals surface area contributed by atoms with Gasteiger partial charge in [-0.2, -0.15) is 0 Å². The van der Waals surface area contributed by atoms with Crippen LogP contribution in [0.3, 0.4) is 0 Å². The lowest BCUT2D eigenvalue weighted by atomic mass is 10.2. The summed E-state index contributed by atoms with van der Waals surface area (Å²) < 4.78 is 9.99. The quantitative estimate of drug-likeness (QED) is 0.777. The number of ether oxygens (including phenoxy) is 1. The van der Waals surface area contributed by atoms with Crippen molar-refractivity contribution >= 4 is 29.0 Å². The molecule has 0 radical (unpaired) electrons. The Morgan fingerprint density at radius 2 is 2.12 bits per heavy atom. The molecule has 9 heteroatoms. The maximum atomic E-state index is 12.0. The second kappa shape index (κ2) is 8.04. The van der Waals surface area contributed by atoms with E-state index in [9.17, 15) is 9.59 Å². The Hall–Kier alpha value is -2.23. The van der Waals surface area contributed by atoms with E-state index < -0.39 is 11.8 Å². The molecule has 2 N–H and O–H groups in total. The topological polar surface area (TPSA) is 96.7 Å². The lowest BCUT2D eigenvalue weighted by molar-refractivity contribution is -0.136. The number of carbonyl (C=O) groups is 2. The molecule has 1 aliphatic rings. The third-order valence-electron chi connectivity index (χ3n) is 3.70. The van der Waals surface area contributed by atoms with E-state index in [4.69, 9.17) is 4.74 Å². The van der Waals surface area contributed by atoms with E-state index in [2.05, 4.69) is 25.2 Å². The Kier molecular flexibility index (Phi) is 5.57. The van der Waals surface area contributed by atoms with Gasteiger partial charge in [-0.05, 0) is 11.4 Å². The first kappa shape index (κ1) is 16.6. The predicted molar refractivity (Wildman–Crippen MR) is 87.6 cm³/mol. The number of anilines is 1. The van der Waals surface area contributed by atoms with Gasteiger partial charge in [-0.15, -0.1) is 11.3 Å². The average molecular weight is 350 g/mol. The van der Waals surface area contributed by atoms with Gasteiger partial charge in [-0.1, -0.05) is 11.2 Å². The zero-order chi connectivity index (χ0) is 16.8. The molecule has 1 unspecified atom stereocenters. The van der Waals surface area contributed by atoms with Crippen molar-refractivity contribution in [1.82, 2.24) is 15.4 Å². The highest BCUT2D eigenvalue weighted by molar-refractivity contribution is 7.10. The number of morpholine rings is 1. The molecule has 3 heterocycles. The maximum Gasteiger partial charge on any atom is 0.314 e. The summed E-state index contributed by atoms with van der Waals surface area (Å²) in [6.45, 7) is 3.28. The van der Waals surface area contributed by atoms with E-state index in [0.29, 0.717) is 19.8 Å². The summed E-state index contributed by atoms with van der Waals surface area (Å²) >= 11 is 1.63. The van der Waals surface area contributed by atoms with Gasteiger partial charge in [0.05, 0.1) is 19.3 Å². The first-order chi connectivity index (χ1) is 11.7. The fourth-order valence-corrected chi connectivity index (χ4v) is 3.36. The van der Waals surface area contributed by atoms with Crippen molar-refractivity contribution in [3.8, 4) is 0 Å². The molecule has 0 bridgehead atoms. The van der Waals surface area contributed by atoms with Crippen molar-refractivity contribution in [3.63, 3.8) is 0 Å². The highest BCUT2D eigenvalue weighted by Crippen LogP contribution is 2.25. The van der Waals surface area contributed by atoms with Crippen LogP contribution in [0.15, 0.2) is 34.4 Å². The van der Waals surface area contributed by atoms with E-state index in [1.807, 2.05) is 17.5 Å². The van der Waals surface area contributed by atoms with Crippen LogP contribution >= 0.6 is 11.3 Å². The van der Waals surface area contributed by atoms with E-state index in [1.165, 1.54) is 12.3 Å². The van der Waals surface area contributed by atoms with Crippen LogP contribution in [0.2, 0.25) is 0 Å². The van der Waals surface area contributed by atoms with Gasteiger partial charge in [-0.25, -0.2) is 0 Å². The van der Waals surface area contributed by atoms with E-state index in [1.54, 1.807) is 11.3 Å². The minimum atomic E-state index is -0.768. The molecule has 2 aromatic rings. The van der Waals surface area contributed by atoms with Crippen molar-refractivity contribution in [1.29, 1.82) is 0 Å². The number of carbonyl (C=O) groups excluding carboxylic acids is 2. The van der Waals surface area contributed by atoms with Crippen LogP contribution in [-0.2, 0) is 14.3 Å². The lowest BCUT2D eigenvalue weighted by Crippen LogP contribution is -2.45. The summed E-state index contributed by atoms with van der Waals surface area (Å²) in [5.41, 5.74) is 0. The minimum absolute atomic E-state index is 0.0256. The summed E-state index contributed by atoms with van der Waals surface area (Å²) in [4.78, 5) is 27.3. The molecule has 24 heavy (non-hydrogen) atoms. The SMILES string of the molecule is O=C(NCC(c1cccs1)N1CCOCC1)C(=O)Nc1ccon1. The van der Waals surface area contributed by atoms with Gasteiger partial charge in [0.2, 0.25) is 0 Å². The van der Waals surface area contributed by atoms with Crippen LogP contribution in [0.4, 0.5) is 5.82 Å². The number of hydrogen-bond acceptors (Lipinski definition) is 7. The van der Waals surface area contributed by atoms with Gasteiger partial charge >= 0.3 is 11.8 Å². The summed E-state index contributed by atoms with van der Waals surface area (Å²) in [5, 5.41) is 10.6. The number of nitrogens with zero attached hydrogens (tertiary/aromatic N) is 2. The first-order valence-electron chi connectivity index (χ1n) is 7.59. The number of hydrogen-bond donors (Lipinski definition) is 2. The normalized spacial score (nSPS) is 16.5. The van der Waals surface area contributed by atoms with E-state index >= 15 is 0 Å². The van der Waals surface area contributed by atoms with Crippen molar-refractivity contribution < 1.29 is 18.8 Å². The Labute approximate surface area is 142 Å². The molecular formula is C15H18N4O4S. The number of aromatic nitrogens is 1. The van der Waals surface area contributed by atoms with Crippen LogP contribution in [0.25, 0.3) is 0 Å². The predicted octanol–water partition coefficient (Wildman–Crippen LogP) is 0.864. The molecule has 3 rings (SSSR count). The zero-order valence-electron chi connectivity index (χ0n) is 12.9. The Bertz CT molecular complexity index is 653. The van der Waals surface area contributed by atoms with Crippen LogP contribution in [-0.4, -0.2) is 54.7 Å². The molecule has 128 valence electrons. The highest BCUT2D eigenvalue weighted by Gasteiger charge is 2.25. The molecule has 0 saturated carbocycles. The van der Waals surface area contributed by atoms with Crippen LogP contribution in [0.1, 0.15) is 10.9 Å². The second-order valence-corrected chi connectivity index (χ2v) is 6.21. The third kappa shape index (κ3) is 4.19. The monoisotopic (exact) mass is 350 g/mol. The van der Waals surface area contributed by atoms with Crippen molar-refractivity contribution in [2.24, 2.45) is 0 Å². The summed E-state index contributed by atoms with van der Waals surface area (Å²) in [6, 6.07) is 5.50. The molecule has 0 aliphatic carbocycles. The van der Waals surface area contributed by atoms with Gasteiger partial charge < -0.3 is 14.6 Å². The van der Waals surface area contributed by atoms with Crippen LogP contribution in [0.5, 0.6) is 0 Å². The maximum absolute atomic E-state index is 12.0. The van der Waals surface area contributed by atoms with Gasteiger partial charge in [0.1, 0.15) is 6.26 Å². The van der Waals surface area contributed by atoms with Gasteiger partial charge in [0, 0.05) is 30.6 Å². The molecule has 1 saturated heterocycles. The van der Waals surface area contributed by atoms with E-state index in [0.717, 1.165) is 18.0 Å². The van der Waals surface area contributed by atoms with Gasteiger partial charge in [0.25, 0.3) is 0 Å². The number of thiophene rings is 1. The standard InChI is InChI=1S/C15H18N4O4S/c20-14(15(21)17-13-3-6-23-18-13)16-10-11(12-2-1-9-24-12)19-4-7-22-8-5-19/h1-3,6,9,11H,4-5,7-8,10H2,(H,16,20)(H,17,18,21). The van der Waals surface area contributed by atoms with Gasteiger partial charge in [0.15, 0.2) is 5.82 Å². The molecule has 2 amide bonds. The second-order valence-electron chi connectivity index (χ2n) is 5.23. The number of nitrogens with one attached hydrogen (secondary N) is 2. The molecule has 1 aliphatic heterocycles. The Morgan fingerprint density at radius 1 is 1.29 bits per heavy atom. The molecule has 0 aromatic carbocycles. The fraction of sp³-hybridized carbons (Fsp3) is 0.400. The number of amides is 2. The van der Waals surface area contributed by atoms with Gasteiger partial charge in [-0.3, -0.25) is 19.8 Å². The molecule has 8 nitrogen and oxygen atoms in total. The average Bonchev–Trinajstić information content (AvgIpc) is 3.30. The Balaban J connectivity index is 1.58. The smallest absolute Gasteiger partial charge is 0.314 e. The third-order valence-corrected chi connectivity index (χ3v) is 4.67. The van der Waals surface area contributed by atoms with Crippen molar-refractivity contribution in [2.45, 2.75) is 6.04 Å². The highest BCUT2D eigenvalue weighted by atomic mass is 32.1. The Morgan fingerprint density at radius 3 is 2.79 bits per heavy atom. The first-order valence-corrected chi connectivity index (χ1v) is 8.47. The number of rotatable bonds is 5.